The minimum absolute atomic E-state index is 0.0514. The quantitative estimate of drug-likeness (QED) is 0.702. The number of aryl methyl sites for hydroxylation is 1. The number of hydrogen-bond donors (Lipinski definition) is 1. The number of methoxy groups -OCH3 is 1. The Labute approximate surface area is 151 Å². The number of rotatable bonds is 7. The van der Waals surface area contributed by atoms with Crippen LogP contribution >= 0.6 is 11.3 Å². The molecule has 0 saturated carbocycles. The van der Waals surface area contributed by atoms with Crippen LogP contribution < -0.4 is 14.8 Å². The second kappa shape index (κ2) is 7.61. The Hall–Kier alpha value is -2.47. The van der Waals surface area contributed by atoms with Gasteiger partial charge in [0.1, 0.15) is 10.5 Å². The van der Waals surface area contributed by atoms with Crippen molar-refractivity contribution in [3.63, 3.8) is 0 Å². The number of hydrogen-bond acceptors (Lipinski definition) is 4. The number of nitrogens with zero attached hydrogens (tertiary/aromatic N) is 1. The standard InChI is InChI=1S/C19H22N2O3S/c1-4-24-17-11-13(5-6-16(17)23-3)7-9-20-18(22)15-12-14-8-10-25-19(14)21(15)2/h5-6,8,10-12H,4,7,9H2,1-3H3,(H,20,22). The summed E-state index contributed by atoms with van der Waals surface area (Å²) >= 11 is 1.64. The number of amides is 1. The summed E-state index contributed by atoms with van der Waals surface area (Å²) in [6, 6.07) is 9.82. The molecule has 2 aromatic heterocycles. The van der Waals surface area contributed by atoms with Gasteiger partial charge < -0.3 is 19.4 Å². The van der Waals surface area contributed by atoms with E-state index in [9.17, 15) is 4.79 Å². The Morgan fingerprint density at radius 1 is 1.24 bits per heavy atom. The summed E-state index contributed by atoms with van der Waals surface area (Å²) in [4.78, 5) is 13.5. The Balaban J connectivity index is 1.62. The van der Waals surface area contributed by atoms with Crippen molar-refractivity contribution in [1.29, 1.82) is 0 Å². The van der Waals surface area contributed by atoms with Crippen LogP contribution in [0.3, 0.4) is 0 Å². The van der Waals surface area contributed by atoms with Crippen LogP contribution in [0.5, 0.6) is 11.5 Å². The van der Waals surface area contributed by atoms with Crippen LogP contribution in [-0.4, -0.2) is 30.7 Å². The molecular formula is C19H22N2O3S. The zero-order valence-corrected chi connectivity index (χ0v) is 15.5. The van der Waals surface area contributed by atoms with E-state index in [1.165, 1.54) is 0 Å². The highest BCUT2D eigenvalue weighted by atomic mass is 32.1. The highest BCUT2D eigenvalue weighted by Crippen LogP contribution is 2.28. The van der Waals surface area contributed by atoms with Gasteiger partial charge in [-0.1, -0.05) is 6.07 Å². The van der Waals surface area contributed by atoms with Crippen molar-refractivity contribution in [3.05, 3.63) is 47.0 Å². The number of fused-ring (bicyclic) bond motifs is 1. The third kappa shape index (κ3) is 3.64. The first-order valence-corrected chi connectivity index (χ1v) is 9.12. The van der Waals surface area contributed by atoms with Gasteiger partial charge in [0.05, 0.1) is 13.7 Å². The summed E-state index contributed by atoms with van der Waals surface area (Å²) in [6.45, 7) is 3.09. The zero-order chi connectivity index (χ0) is 17.8. The molecule has 0 bridgehead atoms. The zero-order valence-electron chi connectivity index (χ0n) is 14.7. The first-order chi connectivity index (χ1) is 12.1. The third-order valence-electron chi connectivity index (χ3n) is 4.09. The van der Waals surface area contributed by atoms with Gasteiger partial charge in [-0.25, -0.2) is 0 Å². The van der Waals surface area contributed by atoms with Crippen LogP contribution in [0.25, 0.3) is 10.2 Å². The highest BCUT2D eigenvalue weighted by molar-refractivity contribution is 7.16. The van der Waals surface area contributed by atoms with Crippen LogP contribution in [-0.2, 0) is 13.5 Å². The Morgan fingerprint density at radius 3 is 2.80 bits per heavy atom. The van der Waals surface area contributed by atoms with E-state index in [-0.39, 0.29) is 5.91 Å². The fraction of sp³-hybridized carbons (Fsp3) is 0.316. The summed E-state index contributed by atoms with van der Waals surface area (Å²) in [6.07, 6.45) is 0.731. The maximum Gasteiger partial charge on any atom is 0.267 e. The molecule has 3 aromatic rings. The molecular weight excluding hydrogens is 336 g/mol. The summed E-state index contributed by atoms with van der Waals surface area (Å²) in [5.74, 6) is 1.40. The molecule has 0 spiro atoms. The summed E-state index contributed by atoms with van der Waals surface area (Å²) in [5, 5.41) is 6.13. The maximum atomic E-state index is 12.4. The second-order valence-corrected chi connectivity index (χ2v) is 6.59. The third-order valence-corrected chi connectivity index (χ3v) is 5.10. The van der Waals surface area contributed by atoms with Gasteiger partial charge in [0, 0.05) is 19.0 Å². The molecule has 6 heteroatoms. The van der Waals surface area contributed by atoms with Crippen molar-refractivity contribution in [2.24, 2.45) is 7.05 Å². The molecule has 0 aliphatic rings. The van der Waals surface area contributed by atoms with E-state index in [1.54, 1.807) is 18.4 Å². The van der Waals surface area contributed by atoms with Gasteiger partial charge in [0.25, 0.3) is 5.91 Å². The van der Waals surface area contributed by atoms with Crippen LogP contribution in [0.4, 0.5) is 0 Å². The molecule has 0 radical (unpaired) electrons. The minimum Gasteiger partial charge on any atom is -0.493 e. The van der Waals surface area contributed by atoms with E-state index in [0.717, 1.165) is 33.7 Å². The predicted octanol–water partition coefficient (Wildman–Crippen LogP) is 3.62. The van der Waals surface area contributed by atoms with Gasteiger partial charge in [0.2, 0.25) is 0 Å². The number of aromatic nitrogens is 1. The minimum atomic E-state index is -0.0514. The van der Waals surface area contributed by atoms with E-state index in [0.29, 0.717) is 18.8 Å². The van der Waals surface area contributed by atoms with Gasteiger partial charge in [-0.2, -0.15) is 0 Å². The van der Waals surface area contributed by atoms with Crippen molar-refractivity contribution >= 4 is 27.5 Å². The number of nitrogens with one attached hydrogen (secondary N) is 1. The highest BCUT2D eigenvalue weighted by Gasteiger charge is 2.13. The molecule has 1 amide bonds. The summed E-state index contributed by atoms with van der Waals surface area (Å²) < 4.78 is 12.8. The number of carbonyl (C=O) groups is 1. The molecule has 0 atom stereocenters. The van der Waals surface area contributed by atoms with Crippen molar-refractivity contribution in [3.8, 4) is 11.5 Å². The lowest BCUT2D eigenvalue weighted by molar-refractivity contribution is 0.0946. The molecule has 3 rings (SSSR count). The van der Waals surface area contributed by atoms with E-state index in [2.05, 4.69) is 5.32 Å². The van der Waals surface area contributed by atoms with E-state index < -0.39 is 0 Å². The maximum absolute atomic E-state index is 12.4. The molecule has 0 unspecified atom stereocenters. The van der Waals surface area contributed by atoms with Crippen LogP contribution in [0.2, 0.25) is 0 Å². The van der Waals surface area contributed by atoms with Gasteiger partial charge >= 0.3 is 0 Å². The number of carbonyl (C=O) groups excluding carboxylic acids is 1. The lowest BCUT2D eigenvalue weighted by Gasteiger charge is -2.11. The van der Waals surface area contributed by atoms with E-state index in [1.807, 2.05) is 54.3 Å². The Bertz CT molecular complexity index is 882. The van der Waals surface area contributed by atoms with Gasteiger partial charge in [-0.15, -0.1) is 11.3 Å². The molecule has 2 heterocycles. The predicted molar refractivity (Wildman–Crippen MR) is 101 cm³/mol. The molecule has 0 aliphatic heterocycles. The molecule has 132 valence electrons. The average molecular weight is 358 g/mol. The molecule has 0 fully saturated rings. The average Bonchev–Trinajstić information content (AvgIpc) is 3.18. The van der Waals surface area contributed by atoms with Crippen LogP contribution in [0.15, 0.2) is 35.7 Å². The molecule has 25 heavy (non-hydrogen) atoms. The van der Waals surface area contributed by atoms with E-state index in [4.69, 9.17) is 9.47 Å². The SMILES string of the molecule is CCOc1cc(CCNC(=O)c2cc3ccsc3n2C)ccc1OC. The molecule has 5 nitrogen and oxygen atoms in total. The second-order valence-electron chi connectivity index (χ2n) is 5.69. The van der Waals surface area contributed by atoms with Crippen molar-refractivity contribution in [2.45, 2.75) is 13.3 Å². The monoisotopic (exact) mass is 358 g/mol. The molecule has 1 aromatic carbocycles. The fourth-order valence-corrected chi connectivity index (χ4v) is 3.68. The normalized spacial score (nSPS) is 10.8. The molecule has 0 saturated heterocycles. The van der Waals surface area contributed by atoms with Crippen LogP contribution in [0.1, 0.15) is 23.0 Å². The van der Waals surface area contributed by atoms with Crippen molar-refractivity contribution in [2.75, 3.05) is 20.3 Å². The van der Waals surface area contributed by atoms with Gasteiger partial charge in [-0.05, 0) is 48.6 Å². The Kier molecular flexibility index (Phi) is 5.28. The van der Waals surface area contributed by atoms with Gasteiger partial charge in [-0.3, -0.25) is 4.79 Å². The Morgan fingerprint density at radius 2 is 2.08 bits per heavy atom. The number of benzene rings is 1. The largest absolute Gasteiger partial charge is 0.493 e. The smallest absolute Gasteiger partial charge is 0.267 e. The fourth-order valence-electron chi connectivity index (χ4n) is 2.82. The number of thiophene rings is 1. The lowest BCUT2D eigenvalue weighted by atomic mass is 10.1. The summed E-state index contributed by atoms with van der Waals surface area (Å²) in [5.41, 5.74) is 1.78. The first-order valence-electron chi connectivity index (χ1n) is 8.25. The lowest BCUT2D eigenvalue weighted by Crippen LogP contribution is -2.27. The number of ether oxygens (including phenoxy) is 2. The van der Waals surface area contributed by atoms with Crippen molar-refractivity contribution in [1.82, 2.24) is 9.88 Å². The molecule has 0 aliphatic carbocycles. The van der Waals surface area contributed by atoms with E-state index >= 15 is 0 Å². The van der Waals surface area contributed by atoms with Crippen LogP contribution in [0, 0.1) is 0 Å². The topological polar surface area (TPSA) is 52.5 Å². The summed E-state index contributed by atoms with van der Waals surface area (Å²) in [7, 11) is 3.55. The van der Waals surface area contributed by atoms with Crippen molar-refractivity contribution < 1.29 is 14.3 Å². The molecule has 1 N–H and O–H groups in total. The van der Waals surface area contributed by atoms with Gasteiger partial charge in [0.15, 0.2) is 11.5 Å². The first kappa shape index (κ1) is 17.4.